The predicted molar refractivity (Wildman–Crippen MR) is 58.4 cm³/mol. The zero-order chi connectivity index (χ0) is 11.7. The Balaban J connectivity index is 3.62. The summed E-state index contributed by atoms with van der Waals surface area (Å²) in [5.41, 5.74) is 0. The average Bonchev–Trinajstić information content (AvgIpc) is 2.13. The average molecular weight is 223 g/mol. The summed E-state index contributed by atoms with van der Waals surface area (Å²) in [5.74, 6) is 0.572. The molecule has 2 nitrogen and oxygen atoms in total. The first-order chi connectivity index (χ1) is 7.06. The molecule has 0 heterocycles. The monoisotopic (exact) mass is 223 g/mol. The molecule has 1 N–H and O–H groups in total. The van der Waals surface area contributed by atoms with E-state index in [4.69, 9.17) is 4.74 Å². The van der Waals surface area contributed by atoms with E-state index in [-0.39, 0.29) is 6.10 Å². The highest BCUT2D eigenvalue weighted by Crippen LogP contribution is 2.04. The minimum atomic E-state index is -2.37. The van der Waals surface area contributed by atoms with E-state index in [1.165, 1.54) is 0 Å². The molecule has 0 spiro atoms. The first kappa shape index (κ1) is 14.8. The molecular formula is C11H23F2NO. The number of rotatable bonds is 9. The summed E-state index contributed by atoms with van der Waals surface area (Å²) in [7, 11) is 0. The fourth-order valence-corrected chi connectivity index (χ4v) is 1.31. The lowest BCUT2D eigenvalue weighted by molar-refractivity contribution is -0.0264. The number of hydrogen-bond donors (Lipinski definition) is 1. The molecule has 0 rings (SSSR count). The minimum Gasteiger partial charge on any atom is -0.371 e. The van der Waals surface area contributed by atoms with Gasteiger partial charge in [-0.1, -0.05) is 27.2 Å². The summed E-state index contributed by atoms with van der Waals surface area (Å²) in [6.45, 7) is 7.37. The maximum Gasteiger partial charge on any atom is 0.261 e. The van der Waals surface area contributed by atoms with Gasteiger partial charge in [-0.25, -0.2) is 8.78 Å². The fraction of sp³-hybridized carbons (Fsp3) is 1.00. The molecule has 0 fully saturated rings. The van der Waals surface area contributed by atoms with Crippen LogP contribution in [0.3, 0.4) is 0 Å². The van der Waals surface area contributed by atoms with Crippen LogP contribution < -0.4 is 5.32 Å². The molecule has 0 aliphatic rings. The molecular weight excluding hydrogens is 200 g/mol. The first-order valence-electron chi connectivity index (χ1n) is 5.66. The molecule has 1 atom stereocenters. The van der Waals surface area contributed by atoms with Crippen molar-refractivity contribution in [1.29, 1.82) is 0 Å². The lowest BCUT2D eigenvalue weighted by Crippen LogP contribution is -2.32. The molecule has 0 aromatic carbocycles. The highest BCUT2D eigenvalue weighted by Gasteiger charge is 2.11. The van der Waals surface area contributed by atoms with Crippen molar-refractivity contribution < 1.29 is 13.5 Å². The quantitative estimate of drug-likeness (QED) is 0.649. The molecule has 4 heteroatoms. The fourth-order valence-electron chi connectivity index (χ4n) is 1.31. The topological polar surface area (TPSA) is 21.3 Å². The zero-order valence-corrected chi connectivity index (χ0v) is 9.93. The van der Waals surface area contributed by atoms with E-state index in [9.17, 15) is 8.78 Å². The Morgan fingerprint density at radius 1 is 1.20 bits per heavy atom. The van der Waals surface area contributed by atoms with Gasteiger partial charge in [0.05, 0.1) is 6.10 Å². The Labute approximate surface area is 91.4 Å². The number of ether oxygens (including phenoxy) is 1. The largest absolute Gasteiger partial charge is 0.371 e. The van der Waals surface area contributed by atoms with Gasteiger partial charge in [-0.15, -0.1) is 0 Å². The van der Waals surface area contributed by atoms with Crippen molar-refractivity contribution in [3.05, 3.63) is 0 Å². The lowest BCUT2D eigenvalue weighted by Gasteiger charge is -2.18. The highest BCUT2D eigenvalue weighted by atomic mass is 19.3. The van der Waals surface area contributed by atoms with Crippen LogP contribution in [0.5, 0.6) is 0 Å². The highest BCUT2D eigenvalue weighted by molar-refractivity contribution is 4.62. The lowest BCUT2D eigenvalue weighted by atomic mass is 10.2. The summed E-state index contributed by atoms with van der Waals surface area (Å²) in [6, 6.07) is 0. The van der Waals surface area contributed by atoms with Gasteiger partial charge in [0, 0.05) is 6.54 Å². The van der Waals surface area contributed by atoms with E-state index in [1.807, 2.05) is 6.92 Å². The van der Waals surface area contributed by atoms with Crippen LogP contribution in [-0.2, 0) is 4.74 Å². The van der Waals surface area contributed by atoms with Crippen LogP contribution in [-0.4, -0.2) is 32.2 Å². The molecule has 1 unspecified atom stereocenters. The van der Waals surface area contributed by atoms with Gasteiger partial charge in [-0.05, 0) is 18.9 Å². The number of hydrogen-bond acceptors (Lipinski definition) is 2. The van der Waals surface area contributed by atoms with Crippen molar-refractivity contribution >= 4 is 0 Å². The van der Waals surface area contributed by atoms with Crippen molar-refractivity contribution in [1.82, 2.24) is 5.32 Å². The zero-order valence-electron chi connectivity index (χ0n) is 9.93. The molecule has 0 radical (unpaired) electrons. The third-order valence-corrected chi connectivity index (χ3v) is 1.99. The van der Waals surface area contributed by atoms with Crippen LogP contribution in [0.15, 0.2) is 0 Å². The van der Waals surface area contributed by atoms with E-state index in [0.717, 1.165) is 19.4 Å². The Morgan fingerprint density at radius 3 is 2.33 bits per heavy atom. The Hall–Kier alpha value is -0.220. The Kier molecular flexibility index (Phi) is 8.91. The van der Waals surface area contributed by atoms with Gasteiger partial charge >= 0.3 is 0 Å². The van der Waals surface area contributed by atoms with Crippen molar-refractivity contribution in [2.45, 2.75) is 46.1 Å². The molecule has 0 amide bonds. The van der Waals surface area contributed by atoms with E-state index < -0.39 is 13.0 Å². The number of nitrogens with one attached hydrogen (secondary N) is 1. The second-order valence-electron chi connectivity index (χ2n) is 4.19. The SMILES string of the molecule is CCCC(CNCC(C)C)OCC(F)F. The van der Waals surface area contributed by atoms with Crippen LogP contribution in [0.2, 0.25) is 0 Å². The normalized spacial score (nSPS) is 13.8. The molecule has 0 aliphatic heterocycles. The molecule has 0 bridgehead atoms. The van der Waals surface area contributed by atoms with Gasteiger partial charge in [0.25, 0.3) is 6.43 Å². The van der Waals surface area contributed by atoms with Gasteiger partial charge < -0.3 is 10.1 Å². The predicted octanol–water partition coefficient (Wildman–Crippen LogP) is 2.68. The molecule has 0 saturated carbocycles. The van der Waals surface area contributed by atoms with Crippen LogP contribution in [0, 0.1) is 5.92 Å². The van der Waals surface area contributed by atoms with Gasteiger partial charge in [-0.3, -0.25) is 0 Å². The van der Waals surface area contributed by atoms with Crippen molar-refractivity contribution in [2.24, 2.45) is 5.92 Å². The maximum atomic E-state index is 11.9. The second kappa shape index (κ2) is 9.04. The summed E-state index contributed by atoms with van der Waals surface area (Å²) < 4.78 is 29.0. The third-order valence-electron chi connectivity index (χ3n) is 1.99. The van der Waals surface area contributed by atoms with Gasteiger partial charge in [0.1, 0.15) is 6.61 Å². The minimum absolute atomic E-state index is 0.0808. The molecule has 0 aromatic heterocycles. The van der Waals surface area contributed by atoms with Crippen LogP contribution in [0.25, 0.3) is 0 Å². The summed E-state index contributed by atoms with van der Waals surface area (Å²) in [6.07, 6.45) is -0.660. The Morgan fingerprint density at radius 2 is 1.87 bits per heavy atom. The third kappa shape index (κ3) is 10.1. The molecule has 92 valence electrons. The van der Waals surface area contributed by atoms with E-state index in [1.54, 1.807) is 0 Å². The van der Waals surface area contributed by atoms with Gasteiger partial charge in [0.15, 0.2) is 0 Å². The van der Waals surface area contributed by atoms with Crippen molar-refractivity contribution in [2.75, 3.05) is 19.7 Å². The molecule has 0 aromatic rings. The van der Waals surface area contributed by atoms with Crippen LogP contribution in [0.1, 0.15) is 33.6 Å². The van der Waals surface area contributed by atoms with Gasteiger partial charge in [0.2, 0.25) is 0 Å². The summed E-state index contributed by atoms with van der Waals surface area (Å²) in [4.78, 5) is 0. The van der Waals surface area contributed by atoms with Crippen LogP contribution >= 0.6 is 0 Å². The number of alkyl halides is 2. The Bertz CT molecular complexity index is 143. The summed E-state index contributed by atoms with van der Waals surface area (Å²) >= 11 is 0. The molecule has 15 heavy (non-hydrogen) atoms. The maximum absolute atomic E-state index is 11.9. The smallest absolute Gasteiger partial charge is 0.261 e. The second-order valence-corrected chi connectivity index (χ2v) is 4.19. The van der Waals surface area contributed by atoms with E-state index in [2.05, 4.69) is 19.2 Å². The van der Waals surface area contributed by atoms with E-state index in [0.29, 0.717) is 12.5 Å². The molecule has 0 saturated heterocycles. The van der Waals surface area contributed by atoms with Crippen molar-refractivity contribution in [3.63, 3.8) is 0 Å². The standard InChI is InChI=1S/C11H23F2NO/c1-4-5-10(15-8-11(12)13)7-14-6-9(2)3/h9-11,14H,4-8H2,1-3H3. The number of halogens is 2. The van der Waals surface area contributed by atoms with Crippen molar-refractivity contribution in [3.8, 4) is 0 Å². The summed E-state index contributed by atoms with van der Waals surface area (Å²) in [5, 5.41) is 3.22. The van der Waals surface area contributed by atoms with Gasteiger partial charge in [-0.2, -0.15) is 0 Å². The van der Waals surface area contributed by atoms with Crippen LogP contribution in [0.4, 0.5) is 8.78 Å². The van der Waals surface area contributed by atoms with E-state index >= 15 is 0 Å². The first-order valence-corrected chi connectivity index (χ1v) is 5.66. The molecule has 0 aliphatic carbocycles.